The van der Waals surface area contributed by atoms with E-state index in [0.29, 0.717) is 6.42 Å². The highest BCUT2D eigenvalue weighted by Crippen LogP contribution is 2.37. The second kappa shape index (κ2) is 4.14. The zero-order valence-corrected chi connectivity index (χ0v) is 10.8. The van der Waals surface area contributed by atoms with Crippen molar-refractivity contribution in [3.8, 4) is 5.75 Å². The summed E-state index contributed by atoms with van der Waals surface area (Å²) < 4.78 is 7.21. The molecular weight excluding hydrogens is 328 g/mol. The van der Waals surface area contributed by atoms with Crippen LogP contribution in [0.2, 0.25) is 0 Å². The van der Waals surface area contributed by atoms with E-state index in [0.717, 1.165) is 20.3 Å². The summed E-state index contributed by atoms with van der Waals surface area (Å²) in [5.41, 5.74) is 0.926. The van der Waals surface area contributed by atoms with Gasteiger partial charge in [0.15, 0.2) is 0 Å². The smallest absolute Gasteiger partial charge is 0.310 e. The van der Waals surface area contributed by atoms with Crippen molar-refractivity contribution in [3.05, 3.63) is 26.6 Å². The summed E-state index contributed by atoms with van der Waals surface area (Å²) in [5.74, 6) is -0.494. The fourth-order valence-electron chi connectivity index (χ4n) is 1.59. The standard InChI is InChI=1S/C10H8Br2O3/c11-7-2-5-1-6(10(13)14)4-15-9(5)8(12)3-7/h2-3,6H,1,4H2,(H,13,14)/t6-/m1/s1. The van der Waals surface area contributed by atoms with Crippen molar-refractivity contribution in [2.45, 2.75) is 6.42 Å². The molecule has 0 spiro atoms. The summed E-state index contributed by atoms with van der Waals surface area (Å²) in [4.78, 5) is 10.8. The van der Waals surface area contributed by atoms with Crippen LogP contribution in [0.15, 0.2) is 21.1 Å². The fraction of sp³-hybridized carbons (Fsp3) is 0.300. The number of hydrogen-bond donors (Lipinski definition) is 1. The number of benzene rings is 1. The minimum atomic E-state index is -0.809. The topological polar surface area (TPSA) is 46.5 Å². The number of carboxylic acids is 1. The van der Waals surface area contributed by atoms with Crippen LogP contribution in [0.1, 0.15) is 5.56 Å². The van der Waals surface area contributed by atoms with E-state index in [1.165, 1.54) is 0 Å². The molecule has 0 fully saturated rings. The molecule has 0 amide bonds. The third-order valence-electron chi connectivity index (χ3n) is 2.33. The first-order chi connectivity index (χ1) is 7.08. The first kappa shape index (κ1) is 11.0. The van der Waals surface area contributed by atoms with E-state index in [2.05, 4.69) is 31.9 Å². The van der Waals surface area contributed by atoms with Crippen LogP contribution in [0.3, 0.4) is 0 Å². The first-order valence-corrected chi connectivity index (χ1v) is 6.00. The predicted molar refractivity (Wildman–Crippen MR) is 62.2 cm³/mol. The molecule has 0 aliphatic carbocycles. The summed E-state index contributed by atoms with van der Waals surface area (Å²) in [7, 11) is 0. The quantitative estimate of drug-likeness (QED) is 0.858. The Morgan fingerprint density at radius 3 is 2.87 bits per heavy atom. The van der Waals surface area contributed by atoms with Gasteiger partial charge in [0.2, 0.25) is 0 Å². The Labute approximate surface area is 104 Å². The molecule has 1 atom stereocenters. The van der Waals surface area contributed by atoms with E-state index < -0.39 is 11.9 Å². The summed E-state index contributed by atoms with van der Waals surface area (Å²) in [6, 6.07) is 3.79. The second-order valence-corrected chi connectivity index (χ2v) is 5.20. The van der Waals surface area contributed by atoms with Gasteiger partial charge in [-0.05, 0) is 40.0 Å². The van der Waals surface area contributed by atoms with Crippen LogP contribution >= 0.6 is 31.9 Å². The minimum absolute atomic E-state index is 0.239. The second-order valence-electron chi connectivity index (χ2n) is 3.43. The number of carbonyl (C=O) groups is 1. The predicted octanol–water partition coefficient (Wildman–Crippen LogP) is 2.85. The minimum Gasteiger partial charge on any atom is -0.491 e. The van der Waals surface area contributed by atoms with Crippen molar-refractivity contribution in [3.63, 3.8) is 0 Å². The molecule has 2 rings (SSSR count). The summed E-state index contributed by atoms with van der Waals surface area (Å²) in [5, 5.41) is 8.90. The van der Waals surface area contributed by atoms with Gasteiger partial charge < -0.3 is 9.84 Å². The van der Waals surface area contributed by atoms with Gasteiger partial charge in [0.25, 0.3) is 0 Å². The maximum absolute atomic E-state index is 10.8. The molecule has 0 unspecified atom stereocenters. The molecule has 0 bridgehead atoms. The molecule has 1 aromatic carbocycles. The molecule has 1 aliphatic heterocycles. The van der Waals surface area contributed by atoms with Crippen LogP contribution < -0.4 is 4.74 Å². The van der Waals surface area contributed by atoms with E-state index >= 15 is 0 Å². The number of rotatable bonds is 1. The van der Waals surface area contributed by atoms with E-state index in [4.69, 9.17) is 9.84 Å². The fourth-order valence-corrected chi connectivity index (χ4v) is 3.02. The van der Waals surface area contributed by atoms with Gasteiger partial charge >= 0.3 is 5.97 Å². The van der Waals surface area contributed by atoms with Crippen molar-refractivity contribution in [1.82, 2.24) is 0 Å². The van der Waals surface area contributed by atoms with Gasteiger partial charge in [0.05, 0.1) is 10.4 Å². The lowest BCUT2D eigenvalue weighted by atomic mass is 9.97. The van der Waals surface area contributed by atoms with Crippen molar-refractivity contribution >= 4 is 37.8 Å². The lowest BCUT2D eigenvalue weighted by Gasteiger charge is -2.23. The normalized spacial score (nSPS) is 19.2. The number of aliphatic carboxylic acids is 1. The number of hydrogen-bond acceptors (Lipinski definition) is 2. The molecule has 15 heavy (non-hydrogen) atoms. The van der Waals surface area contributed by atoms with Gasteiger partial charge in [-0.1, -0.05) is 15.9 Å². The molecule has 0 radical (unpaired) electrons. The van der Waals surface area contributed by atoms with Gasteiger partial charge in [-0.25, -0.2) is 0 Å². The van der Waals surface area contributed by atoms with Crippen LogP contribution in [0.4, 0.5) is 0 Å². The van der Waals surface area contributed by atoms with Gasteiger partial charge in [-0.15, -0.1) is 0 Å². The molecule has 0 aromatic heterocycles. The largest absolute Gasteiger partial charge is 0.491 e. The summed E-state index contributed by atoms with van der Waals surface area (Å²) in [6.45, 7) is 0.239. The lowest BCUT2D eigenvalue weighted by molar-refractivity contribution is -0.143. The van der Waals surface area contributed by atoms with Crippen molar-refractivity contribution in [2.24, 2.45) is 5.92 Å². The Kier molecular flexibility index (Phi) is 3.02. The van der Waals surface area contributed by atoms with Gasteiger partial charge in [0, 0.05) is 4.47 Å². The Balaban J connectivity index is 2.37. The molecule has 1 N–H and O–H groups in total. The Hall–Kier alpha value is -0.550. The van der Waals surface area contributed by atoms with E-state index in [-0.39, 0.29) is 6.61 Å². The van der Waals surface area contributed by atoms with E-state index in [1.54, 1.807) is 0 Å². The summed E-state index contributed by atoms with van der Waals surface area (Å²) >= 11 is 6.75. The number of ether oxygens (including phenoxy) is 1. The van der Waals surface area contributed by atoms with Gasteiger partial charge in [-0.3, -0.25) is 4.79 Å². The Morgan fingerprint density at radius 2 is 2.20 bits per heavy atom. The molecule has 0 saturated heterocycles. The van der Waals surface area contributed by atoms with Gasteiger partial charge in [-0.2, -0.15) is 0 Å². The maximum atomic E-state index is 10.8. The highest BCUT2D eigenvalue weighted by Gasteiger charge is 2.27. The number of carboxylic acid groups (broad SMARTS) is 1. The molecule has 3 nitrogen and oxygen atoms in total. The molecule has 80 valence electrons. The first-order valence-electron chi connectivity index (χ1n) is 4.41. The maximum Gasteiger partial charge on any atom is 0.310 e. The van der Waals surface area contributed by atoms with Crippen LogP contribution in [-0.2, 0) is 11.2 Å². The number of fused-ring (bicyclic) bond motifs is 1. The average molecular weight is 336 g/mol. The van der Waals surface area contributed by atoms with Gasteiger partial charge in [0.1, 0.15) is 12.4 Å². The lowest BCUT2D eigenvalue weighted by Crippen LogP contribution is -2.28. The van der Waals surface area contributed by atoms with Crippen molar-refractivity contribution < 1.29 is 14.6 Å². The van der Waals surface area contributed by atoms with Crippen LogP contribution in [0, 0.1) is 5.92 Å². The molecule has 0 saturated carbocycles. The Bertz CT molecular complexity index is 417. The average Bonchev–Trinajstić information content (AvgIpc) is 2.16. The SMILES string of the molecule is O=C(O)[C@H]1COc2c(Br)cc(Br)cc2C1. The zero-order chi connectivity index (χ0) is 11.0. The molecule has 5 heteroatoms. The van der Waals surface area contributed by atoms with Crippen LogP contribution in [0.5, 0.6) is 5.75 Å². The van der Waals surface area contributed by atoms with Crippen molar-refractivity contribution in [1.29, 1.82) is 0 Å². The molecule has 1 aromatic rings. The highest BCUT2D eigenvalue weighted by atomic mass is 79.9. The Morgan fingerprint density at radius 1 is 1.47 bits per heavy atom. The van der Waals surface area contributed by atoms with Crippen molar-refractivity contribution in [2.75, 3.05) is 6.61 Å². The molecular formula is C10H8Br2O3. The monoisotopic (exact) mass is 334 g/mol. The molecule has 1 heterocycles. The van der Waals surface area contributed by atoms with Crippen LogP contribution in [-0.4, -0.2) is 17.7 Å². The highest BCUT2D eigenvalue weighted by molar-refractivity contribution is 9.11. The van der Waals surface area contributed by atoms with E-state index in [1.807, 2.05) is 12.1 Å². The third kappa shape index (κ3) is 2.18. The third-order valence-corrected chi connectivity index (χ3v) is 3.38. The number of halogens is 2. The zero-order valence-electron chi connectivity index (χ0n) is 7.67. The van der Waals surface area contributed by atoms with E-state index in [9.17, 15) is 4.79 Å². The summed E-state index contributed by atoms with van der Waals surface area (Å²) in [6.07, 6.45) is 0.517. The molecule has 1 aliphatic rings. The van der Waals surface area contributed by atoms with Crippen LogP contribution in [0.25, 0.3) is 0 Å².